The monoisotopic (exact) mass is 406 g/mol. The summed E-state index contributed by atoms with van der Waals surface area (Å²) < 4.78 is 20.8. The number of hydrogen-bond donors (Lipinski definition) is 0. The number of hydrogen-bond acceptors (Lipinski definition) is 3. The van der Waals surface area contributed by atoms with Crippen molar-refractivity contribution in [3.8, 4) is 5.75 Å². The van der Waals surface area contributed by atoms with E-state index in [2.05, 4.69) is 15.9 Å². The third kappa shape index (κ3) is 2.49. The van der Waals surface area contributed by atoms with E-state index in [9.17, 15) is 14.0 Å². The Labute approximate surface area is 152 Å². The molecule has 5 nitrogen and oxygen atoms in total. The molecule has 2 aromatic rings. The van der Waals surface area contributed by atoms with Crippen LogP contribution in [0.4, 0.5) is 4.39 Å². The van der Waals surface area contributed by atoms with E-state index in [0.717, 1.165) is 24.1 Å². The first-order chi connectivity index (χ1) is 12.0. The third-order valence-electron chi connectivity index (χ3n) is 4.90. The first-order valence-corrected chi connectivity index (χ1v) is 8.85. The summed E-state index contributed by atoms with van der Waals surface area (Å²) in [5.74, 6) is -0.459. The van der Waals surface area contributed by atoms with Gasteiger partial charge in [0.25, 0.3) is 5.91 Å². The van der Waals surface area contributed by atoms with Gasteiger partial charge < -0.3 is 14.2 Å². The summed E-state index contributed by atoms with van der Waals surface area (Å²) in [7, 11) is 1.41. The second-order valence-electron chi connectivity index (χ2n) is 6.35. The van der Waals surface area contributed by atoms with Gasteiger partial charge in [-0.3, -0.25) is 9.59 Å². The van der Waals surface area contributed by atoms with Crippen LogP contribution in [0.2, 0.25) is 0 Å². The van der Waals surface area contributed by atoms with Crippen LogP contribution in [0.1, 0.15) is 34.2 Å². The molecule has 2 aliphatic rings. The van der Waals surface area contributed by atoms with Crippen LogP contribution in [-0.2, 0) is 13.0 Å². The van der Waals surface area contributed by atoms with Gasteiger partial charge in [0.15, 0.2) is 11.4 Å². The Morgan fingerprint density at radius 3 is 2.68 bits per heavy atom. The molecule has 130 valence electrons. The van der Waals surface area contributed by atoms with Crippen LogP contribution in [0.15, 0.2) is 33.5 Å². The fraction of sp³-hybridized carbons (Fsp3) is 0.333. The molecule has 0 spiro atoms. The Morgan fingerprint density at radius 2 is 2.00 bits per heavy atom. The molecule has 0 saturated carbocycles. The van der Waals surface area contributed by atoms with Crippen LogP contribution in [-0.4, -0.2) is 29.0 Å². The van der Waals surface area contributed by atoms with Crippen LogP contribution in [0.5, 0.6) is 5.75 Å². The van der Waals surface area contributed by atoms with Gasteiger partial charge in [-0.15, -0.1) is 0 Å². The highest BCUT2D eigenvalue weighted by Crippen LogP contribution is 2.38. The SMILES string of the molecule is COc1c2n3c(c(Br)c1=O)CCC3CN(Cc1ccc(F)cc1)C2=O. The number of benzene rings is 1. The minimum absolute atomic E-state index is 0.0799. The standard InChI is InChI=1S/C18H16BrFN2O3/c1-25-17-15-18(24)21(8-10-2-4-11(20)5-3-10)9-12-6-7-13(22(12)15)14(19)16(17)23/h2-5,12H,6-9H2,1H3. The number of carbonyl (C=O) groups is 1. The summed E-state index contributed by atoms with van der Waals surface area (Å²) in [6.07, 6.45) is 1.61. The number of rotatable bonds is 3. The van der Waals surface area contributed by atoms with E-state index in [-0.39, 0.29) is 28.9 Å². The van der Waals surface area contributed by atoms with Gasteiger partial charge in [0.05, 0.1) is 17.6 Å². The molecule has 0 saturated heterocycles. The molecule has 0 fully saturated rings. The molecular formula is C18H16BrFN2O3. The van der Waals surface area contributed by atoms with E-state index >= 15 is 0 Å². The minimum Gasteiger partial charge on any atom is -0.491 e. The predicted molar refractivity (Wildman–Crippen MR) is 93.5 cm³/mol. The zero-order valence-corrected chi connectivity index (χ0v) is 15.2. The molecule has 1 atom stereocenters. The molecule has 3 heterocycles. The maximum Gasteiger partial charge on any atom is 0.274 e. The van der Waals surface area contributed by atoms with Gasteiger partial charge >= 0.3 is 0 Å². The summed E-state index contributed by atoms with van der Waals surface area (Å²) in [6.45, 7) is 0.938. The molecule has 0 N–H and O–H groups in total. The van der Waals surface area contributed by atoms with Gasteiger partial charge in [-0.2, -0.15) is 0 Å². The number of methoxy groups -OCH3 is 1. The molecule has 4 rings (SSSR count). The summed E-state index contributed by atoms with van der Waals surface area (Å²) in [5, 5.41) is 0. The number of pyridine rings is 1. The van der Waals surface area contributed by atoms with Crippen molar-refractivity contribution >= 4 is 21.8 Å². The number of halogens is 2. The first-order valence-electron chi connectivity index (χ1n) is 8.06. The Balaban J connectivity index is 1.78. The lowest BCUT2D eigenvalue weighted by Gasteiger charge is -2.35. The highest BCUT2D eigenvalue weighted by atomic mass is 79.9. The summed E-state index contributed by atoms with van der Waals surface area (Å²) in [4.78, 5) is 27.3. The van der Waals surface area contributed by atoms with E-state index in [1.165, 1.54) is 19.2 Å². The molecule has 1 amide bonds. The predicted octanol–water partition coefficient (Wildman–Crippen LogP) is 2.90. The fourth-order valence-corrected chi connectivity index (χ4v) is 4.32. The van der Waals surface area contributed by atoms with E-state index in [0.29, 0.717) is 23.3 Å². The normalized spacial score (nSPS) is 18.4. The largest absolute Gasteiger partial charge is 0.491 e. The molecule has 0 bridgehead atoms. The van der Waals surface area contributed by atoms with Gasteiger partial charge in [-0.1, -0.05) is 12.1 Å². The zero-order valence-electron chi connectivity index (χ0n) is 13.6. The molecule has 1 unspecified atom stereocenters. The lowest BCUT2D eigenvalue weighted by Crippen LogP contribution is -2.43. The molecular weight excluding hydrogens is 391 g/mol. The minimum atomic E-state index is -0.308. The summed E-state index contributed by atoms with van der Waals surface area (Å²) >= 11 is 3.36. The average molecular weight is 407 g/mol. The van der Waals surface area contributed by atoms with Crippen LogP contribution in [0.25, 0.3) is 0 Å². The summed E-state index contributed by atoms with van der Waals surface area (Å²) in [6, 6.07) is 6.22. The molecule has 0 radical (unpaired) electrons. The fourth-order valence-electron chi connectivity index (χ4n) is 3.75. The van der Waals surface area contributed by atoms with Crippen molar-refractivity contribution in [2.24, 2.45) is 0 Å². The second-order valence-corrected chi connectivity index (χ2v) is 7.14. The highest BCUT2D eigenvalue weighted by Gasteiger charge is 2.40. The van der Waals surface area contributed by atoms with Crippen molar-refractivity contribution in [2.75, 3.05) is 13.7 Å². The van der Waals surface area contributed by atoms with E-state index < -0.39 is 0 Å². The maximum absolute atomic E-state index is 13.1. The topological polar surface area (TPSA) is 51.5 Å². The smallest absolute Gasteiger partial charge is 0.274 e. The zero-order chi connectivity index (χ0) is 17.7. The lowest BCUT2D eigenvalue weighted by atomic mass is 10.1. The third-order valence-corrected chi connectivity index (χ3v) is 5.71. The van der Waals surface area contributed by atoms with Crippen LogP contribution in [0.3, 0.4) is 0 Å². The molecule has 1 aromatic carbocycles. The van der Waals surface area contributed by atoms with Crippen LogP contribution < -0.4 is 10.2 Å². The highest BCUT2D eigenvalue weighted by molar-refractivity contribution is 9.10. The molecule has 25 heavy (non-hydrogen) atoms. The quantitative estimate of drug-likeness (QED) is 0.787. The first kappa shape index (κ1) is 16.3. The van der Waals surface area contributed by atoms with Gasteiger partial charge in [-0.25, -0.2) is 4.39 Å². The van der Waals surface area contributed by atoms with Gasteiger partial charge in [0, 0.05) is 18.8 Å². The van der Waals surface area contributed by atoms with Crippen molar-refractivity contribution in [3.05, 3.63) is 61.7 Å². The number of amides is 1. The van der Waals surface area contributed by atoms with Crippen molar-refractivity contribution in [3.63, 3.8) is 0 Å². The Hall–Kier alpha value is -2.15. The van der Waals surface area contributed by atoms with Crippen molar-refractivity contribution in [1.82, 2.24) is 9.47 Å². The van der Waals surface area contributed by atoms with E-state index in [4.69, 9.17) is 4.74 Å². The summed E-state index contributed by atoms with van der Waals surface area (Å²) in [5.41, 5.74) is 1.74. The Bertz CT molecular complexity index is 923. The van der Waals surface area contributed by atoms with Gasteiger partial charge in [0.2, 0.25) is 5.43 Å². The number of nitrogens with zero attached hydrogens (tertiary/aromatic N) is 2. The number of aromatic nitrogens is 1. The van der Waals surface area contributed by atoms with Gasteiger partial charge in [-0.05, 0) is 46.5 Å². The van der Waals surface area contributed by atoms with Crippen molar-refractivity contribution in [1.29, 1.82) is 0 Å². The molecule has 1 aromatic heterocycles. The number of ether oxygens (including phenoxy) is 1. The van der Waals surface area contributed by atoms with E-state index in [1.807, 2.05) is 4.57 Å². The molecule has 2 aliphatic heterocycles. The Morgan fingerprint density at radius 1 is 1.28 bits per heavy atom. The van der Waals surface area contributed by atoms with Gasteiger partial charge in [0.1, 0.15) is 5.82 Å². The average Bonchev–Trinajstić information content (AvgIpc) is 3.02. The van der Waals surface area contributed by atoms with Crippen LogP contribution >= 0.6 is 15.9 Å². The molecule has 0 aliphatic carbocycles. The second kappa shape index (κ2) is 5.98. The van der Waals surface area contributed by atoms with Crippen molar-refractivity contribution < 1.29 is 13.9 Å². The van der Waals surface area contributed by atoms with E-state index in [1.54, 1.807) is 17.0 Å². The lowest BCUT2D eigenvalue weighted by molar-refractivity contribution is 0.0650. The van der Waals surface area contributed by atoms with Crippen LogP contribution in [0, 0.1) is 5.82 Å². The maximum atomic E-state index is 13.1. The van der Waals surface area contributed by atoms with Crippen molar-refractivity contribution in [2.45, 2.75) is 25.4 Å². The number of carbonyl (C=O) groups excluding carboxylic acids is 1. The Kier molecular flexibility index (Phi) is 3.91. The molecule has 7 heteroatoms.